The molecule has 1 heterocycles. The van der Waals surface area contributed by atoms with Crippen molar-refractivity contribution in [1.82, 2.24) is 9.66 Å². The first-order chi connectivity index (χ1) is 13.5. The second-order valence-electron chi connectivity index (χ2n) is 5.62. The second-order valence-corrected chi connectivity index (χ2v) is 6.78. The number of carbonyl (C=O) groups excluding carboxylic acids is 1. The summed E-state index contributed by atoms with van der Waals surface area (Å²) in [6.07, 6.45) is 1.41. The zero-order valence-electron chi connectivity index (χ0n) is 14.8. The Hall–Kier alpha value is -2.95. The molecule has 0 radical (unpaired) electrons. The van der Waals surface area contributed by atoms with Crippen molar-refractivity contribution in [3.05, 3.63) is 72.4 Å². The van der Waals surface area contributed by atoms with E-state index < -0.39 is 17.2 Å². The average Bonchev–Trinajstić information content (AvgIpc) is 2.67. The molecule has 0 fully saturated rings. The van der Waals surface area contributed by atoms with Crippen molar-refractivity contribution >= 4 is 45.7 Å². The summed E-state index contributed by atoms with van der Waals surface area (Å²) in [5.41, 5.74) is -0.00216. The quantitative estimate of drug-likeness (QED) is 0.322. The fraction of sp³-hybridized carbons (Fsp3) is 0.158. The molecule has 3 aromatic rings. The van der Waals surface area contributed by atoms with Gasteiger partial charge in [-0.25, -0.2) is 9.59 Å². The lowest BCUT2D eigenvalue weighted by molar-refractivity contribution is -0.145. The van der Waals surface area contributed by atoms with Crippen molar-refractivity contribution in [2.75, 3.05) is 13.2 Å². The number of ether oxygens (including phenoxy) is 2. The van der Waals surface area contributed by atoms with Crippen molar-refractivity contribution in [3.8, 4) is 5.75 Å². The molecule has 0 aliphatic heterocycles. The van der Waals surface area contributed by atoms with Crippen LogP contribution in [0.3, 0.4) is 0 Å². The van der Waals surface area contributed by atoms with E-state index in [-0.39, 0.29) is 6.61 Å². The first kappa shape index (κ1) is 19.8. The lowest BCUT2D eigenvalue weighted by Gasteiger charge is -2.08. The summed E-state index contributed by atoms with van der Waals surface area (Å²) in [7, 11) is 0. The third kappa shape index (κ3) is 4.47. The SMILES string of the molecule is CCOC(=O)COc1ccc(C=Nn2c(=O)[nH]c3ccccc3c2=O)cc1I. The third-order valence-corrected chi connectivity index (χ3v) is 4.56. The number of nitrogens with one attached hydrogen (secondary N) is 1. The molecule has 28 heavy (non-hydrogen) atoms. The Morgan fingerprint density at radius 1 is 1.25 bits per heavy atom. The monoisotopic (exact) mass is 493 g/mol. The van der Waals surface area contributed by atoms with E-state index in [0.717, 1.165) is 8.25 Å². The maximum Gasteiger partial charge on any atom is 0.349 e. The van der Waals surface area contributed by atoms with Crippen molar-refractivity contribution in [3.63, 3.8) is 0 Å². The van der Waals surface area contributed by atoms with Gasteiger partial charge < -0.3 is 14.5 Å². The van der Waals surface area contributed by atoms with E-state index >= 15 is 0 Å². The molecule has 2 aromatic carbocycles. The number of para-hydroxylation sites is 1. The fourth-order valence-corrected chi connectivity index (χ4v) is 3.13. The van der Waals surface area contributed by atoms with Crippen LogP contribution in [0.25, 0.3) is 10.9 Å². The van der Waals surface area contributed by atoms with E-state index in [4.69, 9.17) is 9.47 Å². The van der Waals surface area contributed by atoms with E-state index in [9.17, 15) is 14.4 Å². The predicted octanol–water partition coefficient (Wildman–Crippen LogP) is 2.12. The zero-order valence-corrected chi connectivity index (χ0v) is 17.0. The topological polar surface area (TPSA) is 103 Å². The second kappa shape index (κ2) is 8.83. The molecule has 3 rings (SSSR count). The van der Waals surface area contributed by atoms with E-state index in [2.05, 4.69) is 32.7 Å². The number of aromatic nitrogens is 2. The molecular weight excluding hydrogens is 477 g/mol. The molecule has 0 saturated carbocycles. The van der Waals surface area contributed by atoms with Gasteiger partial charge in [0.05, 0.1) is 27.3 Å². The summed E-state index contributed by atoms with van der Waals surface area (Å²) in [6.45, 7) is 1.84. The number of aromatic amines is 1. The molecule has 0 spiro atoms. The van der Waals surface area contributed by atoms with E-state index in [1.807, 2.05) is 0 Å². The largest absolute Gasteiger partial charge is 0.481 e. The van der Waals surface area contributed by atoms with Gasteiger partial charge in [0.25, 0.3) is 5.56 Å². The number of esters is 1. The lowest BCUT2D eigenvalue weighted by atomic mass is 10.2. The number of H-pyrrole nitrogens is 1. The number of carbonyl (C=O) groups is 1. The van der Waals surface area contributed by atoms with Crippen LogP contribution in [0.15, 0.2) is 57.2 Å². The minimum atomic E-state index is -0.621. The number of hydrogen-bond acceptors (Lipinski definition) is 6. The maximum atomic E-state index is 12.5. The number of nitrogens with zero attached hydrogens (tertiary/aromatic N) is 2. The van der Waals surface area contributed by atoms with Gasteiger partial charge in [0.2, 0.25) is 0 Å². The van der Waals surface area contributed by atoms with Crippen molar-refractivity contribution in [1.29, 1.82) is 0 Å². The van der Waals surface area contributed by atoms with Gasteiger partial charge in [-0.15, -0.1) is 4.68 Å². The van der Waals surface area contributed by atoms with Gasteiger partial charge in [-0.05, 0) is 65.4 Å². The van der Waals surface area contributed by atoms with Gasteiger partial charge in [-0.1, -0.05) is 12.1 Å². The number of fused-ring (bicyclic) bond motifs is 1. The Balaban J connectivity index is 1.82. The Kier molecular flexibility index (Phi) is 6.24. The Morgan fingerprint density at radius 3 is 2.79 bits per heavy atom. The highest BCUT2D eigenvalue weighted by atomic mass is 127. The summed E-state index contributed by atoms with van der Waals surface area (Å²) in [5, 5.41) is 4.38. The summed E-state index contributed by atoms with van der Waals surface area (Å²) in [5.74, 6) is 0.0744. The molecule has 0 amide bonds. The van der Waals surface area contributed by atoms with E-state index in [1.165, 1.54) is 6.21 Å². The van der Waals surface area contributed by atoms with Crippen LogP contribution in [-0.2, 0) is 9.53 Å². The molecule has 0 unspecified atom stereocenters. The molecule has 0 bridgehead atoms. The fourth-order valence-electron chi connectivity index (χ4n) is 2.44. The van der Waals surface area contributed by atoms with Gasteiger partial charge in [0, 0.05) is 0 Å². The standard InChI is InChI=1S/C19H16IN3O5/c1-2-27-17(24)11-28-16-8-7-12(9-14(16)20)10-21-23-18(25)13-5-3-4-6-15(13)22-19(23)26/h3-10H,2,11H2,1H3,(H,22,26). The zero-order chi connectivity index (χ0) is 20.1. The molecule has 0 aliphatic carbocycles. The lowest BCUT2D eigenvalue weighted by Crippen LogP contribution is -2.32. The number of benzene rings is 2. The summed E-state index contributed by atoms with van der Waals surface area (Å²) in [6, 6.07) is 11.9. The highest BCUT2D eigenvalue weighted by Gasteiger charge is 2.08. The van der Waals surface area contributed by atoms with Crippen LogP contribution in [0.1, 0.15) is 12.5 Å². The molecule has 8 nitrogen and oxygen atoms in total. The molecule has 144 valence electrons. The predicted molar refractivity (Wildman–Crippen MR) is 113 cm³/mol. The van der Waals surface area contributed by atoms with Crippen molar-refractivity contribution < 1.29 is 14.3 Å². The number of rotatable bonds is 6. The van der Waals surface area contributed by atoms with Crippen LogP contribution in [0.5, 0.6) is 5.75 Å². The maximum absolute atomic E-state index is 12.5. The Morgan fingerprint density at radius 2 is 2.04 bits per heavy atom. The Bertz CT molecular complexity index is 1170. The minimum absolute atomic E-state index is 0.181. The van der Waals surface area contributed by atoms with Gasteiger partial charge in [-0.2, -0.15) is 5.10 Å². The summed E-state index contributed by atoms with van der Waals surface area (Å²) >= 11 is 2.06. The highest BCUT2D eigenvalue weighted by molar-refractivity contribution is 14.1. The van der Waals surface area contributed by atoms with Crippen molar-refractivity contribution in [2.24, 2.45) is 5.10 Å². The van der Waals surface area contributed by atoms with Crippen LogP contribution in [0.2, 0.25) is 0 Å². The van der Waals surface area contributed by atoms with Gasteiger partial charge >= 0.3 is 11.7 Å². The highest BCUT2D eigenvalue weighted by Crippen LogP contribution is 2.21. The van der Waals surface area contributed by atoms with Crippen LogP contribution in [-0.4, -0.2) is 35.1 Å². The number of halogens is 1. The normalized spacial score (nSPS) is 11.1. The molecule has 0 aliphatic rings. The van der Waals surface area contributed by atoms with Crippen LogP contribution in [0.4, 0.5) is 0 Å². The molecule has 1 N–H and O–H groups in total. The third-order valence-electron chi connectivity index (χ3n) is 3.71. The minimum Gasteiger partial charge on any atom is -0.481 e. The van der Waals surface area contributed by atoms with Gasteiger partial charge in [-0.3, -0.25) is 4.79 Å². The number of hydrogen-bond donors (Lipinski definition) is 1. The Labute approximate surface area is 172 Å². The first-order valence-corrected chi connectivity index (χ1v) is 9.44. The van der Waals surface area contributed by atoms with Crippen LogP contribution in [0, 0.1) is 3.57 Å². The van der Waals surface area contributed by atoms with E-state index in [0.29, 0.717) is 28.8 Å². The molecule has 0 atom stereocenters. The smallest absolute Gasteiger partial charge is 0.349 e. The van der Waals surface area contributed by atoms with Gasteiger partial charge in [0.1, 0.15) is 5.75 Å². The summed E-state index contributed by atoms with van der Waals surface area (Å²) < 4.78 is 11.8. The average molecular weight is 493 g/mol. The molecule has 0 saturated heterocycles. The molecule has 1 aromatic heterocycles. The van der Waals surface area contributed by atoms with Crippen LogP contribution < -0.4 is 16.0 Å². The van der Waals surface area contributed by atoms with Crippen molar-refractivity contribution in [2.45, 2.75) is 6.92 Å². The molecule has 9 heteroatoms. The van der Waals surface area contributed by atoms with Gasteiger partial charge in [0.15, 0.2) is 6.61 Å². The van der Waals surface area contributed by atoms with Crippen LogP contribution >= 0.6 is 22.6 Å². The molecular formula is C19H16IN3O5. The van der Waals surface area contributed by atoms with E-state index in [1.54, 1.807) is 49.4 Å². The first-order valence-electron chi connectivity index (χ1n) is 8.36. The summed E-state index contributed by atoms with van der Waals surface area (Å²) in [4.78, 5) is 38.6.